The molecule has 6 heteroatoms. The fourth-order valence-corrected chi connectivity index (χ4v) is 3.02. The summed E-state index contributed by atoms with van der Waals surface area (Å²) in [5.74, 6) is 0. The molecule has 0 bridgehead atoms. The van der Waals surface area contributed by atoms with Gasteiger partial charge in [0, 0.05) is 40.0 Å². The Morgan fingerprint density at radius 1 is 1.20 bits per heavy atom. The first kappa shape index (κ1) is 15.0. The molecule has 5 nitrogen and oxygen atoms in total. The van der Waals surface area contributed by atoms with Crippen LogP contribution in [0, 0.1) is 0 Å². The van der Waals surface area contributed by atoms with Crippen LogP contribution in [0.4, 0.5) is 0 Å². The first-order valence-electron chi connectivity index (χ1n) is 5.23. The lowest BCUT2D eigenvalue weighted by Crippen LogP contribution is -2.43. The highest BCUT2D eigenvalue weighted by molar-refractivity contribution is 6.60. The molecule has 0 saturated heterocycles. The lowest BCUT2D eigenvalue weighted by Gasteiger charge is -2.24. The molecule has 92 valence electrons. The second-order valence-electron chi connectivity index (χ2n) is 3.49. The standard InChI is InChI=1S/C9H24N2O3Si/c1-9(8-10)11-6-5-7-15(12-2,13-3)14-4/h9,11H,5-8,10H2,1-4H3. The Morgan fingerprint density at radius 3 is 2.13 bits per heavy atom. The Kier molecular flexibility index (Phi) is 8.21. The molecule has 1 unspecified atom stereocenters. The summed E-state index contributed by atoms with van der Waals surface area (Å²) in [5.41, 5.74) is 5.49. The smallest absolute Gasteiger partial charge is 0.377 e. The van der Waals surface area contributed by atoms with E-state index in [2.05, 4.69) is 12.2 Å². The minimum absolute atomic E-state index is 0.355. The van der Waals surface area contributed by atoms with Crippen molar-refractivity contribution in [3.8, 4) is 0 Å². The van der Waals surface area contributed by atoms with Crippen LogP contribution in [0.3, 0.4) is 0 Å². The molecule has 0 aromatic rings. The van der Waals surface area contributed by atoms with Crippen molar-refractivity contribution >= 4 is 8.80 Å². The second-order valence-corrected chi connectivity index (χ2v) is 6.58. The summed E-state index contributed by atoms with van der Waals surface area (Å²) in [6, 6.07) is 1.18. The number of nitrogens with two attached hydrogens (primary N) is 1. The molecule has 0 heterocycles. The van der Waals surface area contributed by atoms with Gasteiger partial charge in [0.1, 0.15) is 0 Å². The minimum Gasteiger partial charge on any atom is -0.377 e. The second kappa shape index (κ2) is 8.20. The van der Waals surface area contributed by atoms with Gasteiger partial charge in [-0.05, 0) is 19.9 Å². The van der Waals surface area contributed by atoms with Crippen LogP contribution in [-0.4, -0.2) is 49.3 Å². The molecule has 0 fully saturated rings. The molecule has 0 rings (SSSR count). The minimum atomic E-state index is -2.37. The largest absolute Gasteiger partial charge is 0.500 e. The summed E-state index contributed by atoms with van der Waals surface area (Å²) < 4.78 is 15.9. The Labute approximate surface area is 93.6 Å². The highest BCUT2D eigenvalue weighted by Crippen LogP contribution is 2.14. The fraction of sp³-hybridized carbons (Fsp3) is 1.00. The molecule has 0 spiro atoms. The average molecular weight is 236 g/mol. The third kappa shape index (κ3) is 5.60. The van der Waals surface area contributed by atoms with E-state index in [0.717, 1.165) is 19.0 Å². The molecule has 1 atom stereocenters. The van der Waals surface area contributed by atoms with E-state index in [0.29, 0.717) is 12.6 Å². The summed E-state index contributed by atoms with van der Waals surface area (Å²) in [5, 5.41) is 3.31. The van der Waals surface area contributed by atoms with E-state index in [9.17, 15) is 0 Å². The zero-order valence-corrected chi connectivity index (χ0v) is 11.2. The molecule has 0 amide bonds. The van der Waals surface area contributed by atoms with Crippen LogP contribution in [0.15, 0.2) is 0 Å². The van der Waals surface area contributed by atoms with Crippen LogP contribution in [0.1, 0.15) is 13.3 Å². The van der Waals surface area contributed by atoms with Gasteiger partial charge in [0.15, 0.2) is 0 Å². The van der Waals surface area contributed by atoms with Crippen LogP contribution in [0.5, 0.6) is 0 Å². The lowest BCUT2D eigenvalue weighted by molar-refractivity contribution is 0.123. The summed E-state index contributed by atoms with van der Waals surface area (Å²) in [7, 11) is 2.53. The maximum atomic E-state index is 5.49. The highest BCUT2D eigenvalue weighted by Gasteiger charge is 2.36. The Bertz CT molecular complexity index is 148. The normalized spacial score (nSPS) is 14.2. The maximum Gasteiger partial charge on any atom is 0.500 e. The Hall–Kier alpha value is 0.0169. The van der Waals surface area contributed by atoms with Gasteiger partial charge in [-0.25, -0.2) is 0 Å². The van der Waals surface area contributed by atoms with Gasteiger partial charge in [0.25, 0.3) is 0 Å². The molecular formula is C9H24N2O3Si. The van der Waals surface area contributed by atoms with Crippen LogP contribution in [0.25, 0.3) is 0 Å². The molecule has 0 radical (unpaired) electrons. The maximum absolute atomic E-state index is 5.49. The van der Waals surface area contributed by atoms with Crippen molar-refractivity contribution in [1.29, 1.82) is 0 Å². The molecule has 0 aliphatic rings. The van der Waals surface area contributed by atoms with Gasteiger partial charge in [-0.2, -0.15) is 0 Å². The number of rotatable bonds is 9. The van der Waals surface area contributed by atoms with Gasteiger partial charge in [-0.3, -0.25) is 0 Å². The highest BCUT2D eigenvalue weighted by atomic mass is 28.4. The van der Waals surface area contributed by atoms with E-state index >= 15 is 0 Å². The number of nitrogens with one attached hydrogen (secondary N) is 1. The molecule has 0 saturated carbocycles. The predicted molar refractivity (Wildman–Crippen MR) is 62.7 cm³/mol. The van der Waals surface area contributed by atoms with Gasteiger partial charge < -0.3 is 24.3 Å². The SMILES string of the molecule is CO[Si](CCCNC(C)CN)(OC)OC. The van der Waals surface area contributed by atoms with Crippen molar-refractivity contribution in [2.24, 2.45) is 5.73 Å². The summed E-state index contributed by atoms with van der Waals surface area (Å²) in [6.07, 6.45) is 0.964. The molecule has 0 aromatic carbocycles. The summed E-state index contributed by atoms with van der Waals surface area (Å²) >= 11 is 0. The van der Waals surface area contributed by atoms with Crippen molar-refractivity contribution in [3.63, 3.8) is 0 Å². The van der Waals surface area contributed by atoms with Crippen molar-refractivity contribution < 1.29 is 13.3 Å². The molecular weight excluding hydrogens is 212 g/mol. The molecule has 0 aliphatic heterocycles. The Morgan fingerprint density at radius 2 is 1.73 bits per heavy atom. The van der Waals surface area contributed by atoms with E-state index in [4.69, 9.17) is 19.0 Å². The Balaban J connectivity index is 3.72. The van der Waals surface area contributed by atoms with Gasteiger partial charge in [0.05, 0.1) is 0 Å². The summed E-state index contributed by atoms with van der Waals surface area (Å²) in [4.78, 5) is 0. The van der Waals surface area contributed by atoms with Crippen molar-refractivity contribution in [1.82, 2.24) is 5.32 Å². The van der Waals surface area contributed by atoms with E-state index in [-0.39, 0.29) is 0 Å². The van der Waals surface area contributed by atoms with Crippen LogP contribution < -0.4 is 11.1 Å². The quantitative estimate of drug-likeness (QED) is 0.442. The third-order valence-corrected chi connectivity index (χ3v) is 5.27. The van der Waals surface area contributed by atoms with Crippen LogP contribution in [0.2, 0.25) is 6.04 Å². The molecule has 0 aromatic heterocycles. The average Bonchev–Trinajstić information content (AvgIpc) is 2.30. The van der Waals surface area contributed by atoms with E-state index < -0.39 is 8.80 Å². The lowest BCUT2D eigenvalue weighted by atomic mass is 10.3. The van der Waals surface area contributed by atoms with Gasteiger partial charge in [0.2, 0.25) is 0 Å². The zero-order chi connectivity index (χ0) is 11.7. The summed E-state index contributed by atoms with van der Waals surface area (Å²) in [6.45, 7) is 3.62. The monoisotopic (exact) mass is 236 g/mol. The first-order chi connectivity index (χ1) is 7.14. The number of hydrogen-bond donors (Lipinski definition) is 2. The van der Waals surface area contributed by atoms with Crippen LogP contribution >= 0.6 is 0 Å². The zero-order valence-electron chi connectivity index (χ0n) is 10.2. The molecule has 3 N–H and O–H groups in total. The van der Waals surface area contributed by atoms with Crippen molar-refractivity contribution in [2.45, 2.75) is 25.4 Å². The predicted octanol–water partition coefficient (Wildman–Crippen LogP) is 0.191. The molecule has 15 heavy (non-hydrogen) atoms. The molecule has 0 aliphatic carbocycles. The van der Waals surface area contributed by atoms with E-state index in [1.54, 1.807) is 21.3 Å². The van der Waals surface area contributed by atoms with E-state index in [1.165, 1.54) is 0 Å². The third-order valence-electron chi connectivity index (χ3n) is 2.44. The first-order valence-corrected chi connectivity index (χ1v) is 7.16. The van der Waals surface area contributed by atoms with E-state index in [1.807, 2.05) is 0 Å². The number of hydrogen-bond acceptors (Lipinski definition) is 5. The topological polar surface area (TPSA) is 65.7 Å². The fourth-order valence-electron chi connectivity index (χ4n) is 1.29. The van der Waals surface area contributed by atoms with Crippen molar-refractivity contribution in [2.75, 3.05) is 34.4 Å². The van der Waals surface area contributed by atoms with Gasteiger partial charge in [-0.15, -0.1) is 0 Å². The van der Waals surface area contributed by atoms with Gasteiger partial charge >= 0.3 is 8.80 Å². The van der Waals surface area contributed by atoms with Crippen molar-refractivity contribution in [3.05, 3.63) is 0 Å². The van der Waals surface area contributed by atoms with Crippen LogP contribution in [-0.2, 0) is 13.3 Å². The van der Waals surface area contributed by atoms with Gasteiger partial charge in [-0.1, -0.05) is 0 Å².